The number of nitrogens with zero attached hydrogens (tertiary/aromatic N) is 2. The molecule has 2 aromatic rings. The number of carbonyl (C=O) groups excluding carboxylic acids is 2. The van der Waals surface area contributed by atoms with Crippen molar-refractivity contribution in [1.82, 2.24) is 15.2 Å². The third kappa shape index (κ3) is 3.78. The molecule has 1 aromatic carbocycles. The zero-order valence-corrected chi connectivity index (χ0v) is 14.2. The van der Waals surface area contributed by atoms with Crippen LogP contribution in [0.5, 0.6) is 0 Å². The minimum Gasteiger partial charge on any atom is -0.378 e. The zero-order chi connectivity index (χ0) is 17.0. The smallest absolute Gasteiger partial charge is 0.274 e. The van der Waals surface area contributed by atoms with Gasteiger partial charge in [-0.25, -0.2) is 0 Å². The lowest BCUT2D eigenvalue weighted by atomic mass is 10.2. The maximum absolute atomic E-state index is 12.2. The number of nitrogens with one attached hydrogen (secondary N) is 3. The van der Waals surface area contributed by atoms with Gasteiger partial charge in [-0.1, -0.05) is 6.07 Å². The molecule has 1 aromatic heterocycles. The van der Waals surface area contributed by atoms with E-state index in [0.717, 1.165) is 5.69 Å². The van der Waals surface area contributed by atoms with Gasteiger partial charge in [0, 0.05) is 32.4 Å². The Morgan fingerprint density at radius 2 is 1.87 bits per heavy atom. The van der Waals surface area contributed by atoms with Crippen molar-refractivity contribution >= 4 is 34.0 Å². The van der Waals surface area contributed by atoms with Crippen molar-refractivity contribution in [2.75, 3.05) is 31.4 Å². The standard InChI is InChI=1S/C15H19N5O2S/c1-9-12(15(16-2)23-19-9)14(22)18-17-13(21)10-6-5-7-11(8-10)20(3)4/h5-8,16H,1-4H3,(H,17,21)(H,18,22). The van der Waals surface area contributed by atoms with Gasteiger partial charge in [0.25, 0.3) is 11.8 Å². The summed E-state index contributed by atoms with van der Waals surface area (Å²) in [5, 5.41) is 3.57. The third-order valence-corrected chi connectivity index (χ3v) is 4.19. The second-order valence-corrected chi connectivity index (χ2v) is 5.85. The van der Waals surface area contributed by atoms with E-state index in [0.29, 0.717) is 21.8 Å². The molecule has 1 heterocycles. The Balaban J connectivity index is 2.05. The first-order valence-electron chi connectivity index (χ1n) is 6.96. The molecule has 0 saturated heterocycles. The SMILES string of the molecule is CNc1snc(C)c1C(=O)NNC(=O)c1cccc(N(C)C)c1. The summed E-state index contributed by atoms with van der Waals surface area (Å²) in [6, 6.07) is 7.12. The molecule has 2 amide bonds. The van der Waals surface area contributed by atoms with Crippen molar-refractivity contribution in [3.05, 3.63) is 41.1 Å². The van der Waals surface area contributed by atoms with Crippen LogP contribution in [0.2, 0.25) is 0 Å². The summed E-state index contributed by atoms with van der Waals surface area (Å²) in [5.74, 6) is -0.786. The zero-order valence-electron chi connectivity index (χ0n) is 13.4. The Morgan fingerprint density at radius 3 is 2.52 bits per heavy atom. The molecule has 0 bridgehead atoms. The van der Waals surface area contributed by atoms with Gasteiger partial charge in [-0.2, -0.15) is 4.37 Å². The lowest BCUT2D eigenvalue weighted by Crippen LogP contribution is -2.42. The molecule has 7 nitrogen and oxygen atoms in total. The fraction of sp³-hybridized carbons (Fsp3) is 0.267. The molecule has 0 aliphatic carbocycles. The molecule has 0 spiro atoms. The highest BCUT2D eigenvalue weighted by Gasteiger charge is 2.18. The Labute approximate surface area is 138 Å². The molecular weight excluding hydrogens is 314 g/mol. The molecule has 0 unspecified atom stereocenters. The topological polar surface area (TPSA) is 86.4 Å². The van der Waals surface area contributed by atoms with Crippen molar-refractivity contribution in [2.24, 2.45) is 0 Å². The van der Waals surface area contributed by atoms with E-state index in [-0.39, 0.29) is 5.91 Å². The van der Waals surface area contributed by atoms with Crippen molar-refractivity contribution in [1.29, 1.82) is 0 Å². The molecular formula is C15H19N5O2S. The minimum absolute atomic E-state index is 0.381. The van der Waals surface area contributed by atoms with Crippen molar-refractivity contribution < 1.29 is 9.59 Å². The minimum atomic E-state index is -0.405. The van der Waals surface area contributed by atoms with E-state index in [2.05, 4.69) is 20.5 Å². The summed E-state index contributed by atoms with van der Waals surface area (Å²) in [6.45, 7) is 1.74. The van der Waals surface area contributed by atoms with E-state index in [4.69, 9.17) is 0 Å². The van der Waals surface area contributed by atoms with Crippen molar-refractivity contribution in [3.63, 3.8) is 0 Å². The number of aryl methyl sites for hydroxylation is 1. The third-order valence-electron chi connectivity index (χ3n) is 3.23. The first-order chi connectivity index (χ1) is 10.9. The van der Waals surface area contributed by atoms with Crippen LogP contribution in [0.25, 0.3) is 0 Å². The van der Waals surface area contributed by atoms with Gasteiger partial charge in [0.2, 0.25) is 0 Å². The normalized spacial score (nSPS) is 10.1. The van der Waals surface area contributed by atoms with E-state index in [9.17, 15) is 9.59 Å². The highest BCUT2D eigenvalue weighted by atomic mass is 32.1. The molecule has 0 aliphatic rings. The first kappa shape index (κ1) is 16.8. The molecule has 2 rings (SSSR count). The largest absolute Gasteiger partial charge is 0.378 e. The summed E-state index contributed by atoms with van der Waals surface area (Å²) in [5.41, 5.74) is 7.25. The predicted molar refractivity (Wildman–Crippen MR) is 92.1 cm³/mol. The van der Waals surface area contributed by atoms with E-state index in [1.807, 2.05) is 25.1 Å². The number of benzene rings is 1. The van der Waals surface area contributed by atoms with Gasteiger partial charge in [-0.15, -0.1) is 0 Å². The molecule has 23 heavy (non-hydrogen) atoms. The van der Waals surface area contributed by atoms with Crippen LogP contribution in [0.15, 0.2) is 24.3 Å². The van der Waals surface area contributed by atoms with Gasteiger partial charge in [-0.05, 0) is 36.7 Å². The van der Waals surface area contributed by atoms with Crippen LogP contribution in [0.3, 0.4) is 0 Å². The summed E-state index contributed by atoms with van der Waals surface area (Å²) < 4.78 is 4.12. The van der Waals surface area contributed by atoms with Gasteiger partial charge in [0.15, 0.2) is 0 Å². The maximum atomic E-state index is 12.2. The number of amides is 2. The lowest BCUT2D eigenvalue weighted by molar-refractivity contribution is 0.0847. The highest BCUT2D eigenvalue weighted by Crippen LogP contribution is 2.23. The van der Waals surface area contributed by atoms with E-state index in [1.165, 1.54) is 11.5 Å². The lowest BCUT2D eigenvalue weighted by Gasteiger charge is -2.13. The Bertz CT molecular complexity index is 726. The van der Waals surface area contributed by atoms with Crippen LogP contribution in [0, 0.1) is 6.92 Å². The maximum Gasteiger partial charge on any atom is 0.274 e. The van der Waals surface area contributed by atoms with Crippen molar-refractivity contribution in [3.8, 4) is 0 Å². The average molecular weight is 333 g/mol. The van der Waals surface area contributed by atoms with E-state index >= 15 is 0 Å². The number of carbonyl (C=O) groups is 2. The van der Waals surface area contributed by atoms with Crippen LogP contribution < -0.4 is 21.1 Å². The fourth-order valence-corrected chi connectivity index (χ4v) is 2.72. The Kier molecular flexibility index (Phi) is 5.17. The molecule has 122 valence electrons. The molecule has 0 aliphatic heterocycles. The summed E-state index contributed by atoms with van der Waals surface area (Å²) in [4.78, 5) is 26.3. The monoisotopic (exact) mass is 333 g/mol. The van der Waals surface area contributed by atoms with E-state index in [1.54, 1.807) is 32.2 Å². The fourth-order valence-electron chi connectivity index (χ4n) is 1.98. The number of aromatic nitrogens is 1. The first-order valence-corrected chi connectivity index (χ1v) is 7.73. The van der Waals surface area contributed by atoms with Crippen molar-refractivity contribution in [2.45, 2.75) is 6.92 Å². The highest BCUT2D eigenvalue weighted by molar-refractivity contribution is 7.10. The van der Waals surface area contributed by atoms with E-state index < -0.39 is 5.91 Å². The average Bonchev–Trinajstić information content (AvgIpc) is 2.93. The molecule has 0 atom stereocenters. The summed E-state index contributed by atoms with van der Waals surface area (Å²) in [6.07, 6.45) is 0. The van der Waals surface area contributed by atoms with Crippen LogP contribution in [-0.4, -0.2) is 37.3 Å². The van der Waals surface area contributed by atoms with Crippen LogP contribution in [-0.2, 0) is 0 Å². The second-order valence-electron chi connectivity index (χ2n) is 5.08. The quantitative estimate of drug-likeness (QED) is 0.741. The van der Waals surface area contributed by atoms with Crippen LogP contribution in [0.1, 0.15) is 26.4 Å². The molecule has 3 N–H and O–H groups in total. The summed E-state index contributed by atoms with van der Waals surface area (Å²) in [7, 11) is 5.50. The molecule has 0 fully saturated rings. The Morgan fingerprint density at radius 1 is 1.17 bits per heavy atom. The molecule has 0 saturated carbocycles. The number of anilines is 2. The van der Waals surface area contributed by atoms with Crippen LogP contribution in [0.4, 0.5) is 10.7 Å². The van der Waals surface area contributed by atoms with Gasteiger partial charge in [0.1, 0.15) is 5.00 Å². The van der Waals surface area contributed by atoms with Gasteiger partial charge >= 0.3 is 0 Å². The second kappa shape index (κ2) is 7.10. The summed E-state index contributed by atoms with van der Waals surface area (Å²) >= 11 is 1.20. The number of hydrogen-bond donors (Lipinski definition) is 3. The van der Waals surface area contributed by atoms with Gasteiger partial charge < -0.3 is 10.2 Å². The number of hydrazine groups is 1. The van der Waals surface area contributed by atoms with Gasteiger partial charge in [0.05, 0.1) is 11.3 Å². The Hall–Kier alpha value is -2.61. The number of rotatable bonds is 4. The predicted octanol–water partition coefficient (Wildman–Crippen LogP) is 1.63. The van der Waals surface area contributed by atoms with Gasteiger partial charge in [-0.3, -0.25) is 20.4 Å². The molecule has 0 radical (unpaired) electrons. The number of hydrogen-bond acceptors (Lipinski definition) is 6. The van der Waals surface area contributed by atoms with Crippen LogP contribution >= 0.6 is 11.5 Å². The molecule has 8 heteroatoms.